The van der Waals surface area contributed by atoms with Gasteiger partial charge in [0.25, 0.3) is 10.0 Å². The van der Waals surface area contributed by atoms with Crippen LogP contribution in [0.25, 0.3) is 0 Å². The van der Waals surface area contributed by atoms with Gasteiger partial charge in [0.05, 0.1) is 11.8 Å². The maximum Gasteiger partial charge on any atom is 0.336 e. The highest BCUT2D eigenvalue weighted by Gasteiger charge is 2.18. The number of aromatic nitrogens is 2. The molecule has 0 bridgehead atoms. The molecule has 0 aliphatic rings. The standard InChI is InChI=1S/C13H15N3O4S/c1-8-4-10(5-12(9(8)2)13(17)18)15-21(19,20)11-6-14-16(3)7-11/h4-7,15H,1-3H3,(H,17,18). The largest absolute Gasteiger partial charge is 0.478 e. The van der Waals surface area contributed by atoms with Crippen molar-refractivity contribution in [3.05, 3.63) is 41.2 Å². The SMILES string of the molecule is Cc1cc(NS(=O)(=O)c2cnn(C)c2)cc(C(=O)O)c1C. The van der Waals surface area contributed by atoms with Gasteiger partial charge >= 0.3 is 5.97 Å². The first-order valence-corrected chi connectivity index (χ1v) is 7.55. The predicted molar refractivity (Wildman–Crippen MR) is 76.9 cm³/mol. The number of anilines is 1. The Kier molecular flexibility index (Phi) is 3.73. The molecule has 0 atom stereocenters. The summed E-state index contributed by atoms with van der Waals surface area (Å²) < 4.78 is 28.1. The third-order valence-corrected chi connectivity index (χ3v) is 4.48. The van der Waals surface area contributed by atoms with Crippen molar-refractivity contribution in [2.24, 2.45) is 7.05 Å². The first-order valence-electron chi connectivity index (χ1n) is 6.06. The first kappa shape index (κ1) is 15.0. The Morgan fingerprint density at radius 3 is 2.52 bits per heavy atom. The summed E-state index contributed by atoms with van der Waals surface area (Å²) in [7, 11) is -2.18. The molecule has 8 heteroatoms. The lowest BCUT2D eigenvalue weighted by Gasteiger charge is -2.11. The average Bonchev–Trinajstić information content (AvgIpc) is 2.80. The van der Waals surface area contributed by atoms with Crippen molar-refractivity contribution in [2.45, 2.75) is 18.7 Å². The van der Waals surface area contributed by atoms with Gasteiger partial charge in [-0.2, -0.15) is 5.10 Å². The molecule has 0 unspecified atom stereocenters. The molecule has 112 valence electrons. The second-order valence-corrected chi connectivity index (χ2v) is 6.41. The maximum absolute atomic E-state index is 12.2. The minimum Gasteiger partial charge on any atom is -0.478 e. The van der Waals surface area contributed by atoms with Gasteiger partial charge in [0, 0.05) is 18.9 Å². The minimum atomic E-state index is -3.79. The van der Waals surface area contributed by atoms with Crippen LogP contribution in [0.3, 0.4) is 0 Å². The van der Waals surface area contributed by atoms with Gasteiger partial charge in [0.2, 0.25) is 0 Å². The zero-order chi connectivity index (χ0) is 15.8. The van der Waals surface area contributed by atoms with Crippen molar-refractivity contribution < 1.29 is 18.3 Å². The number of aromatic carboxylic acids is 1. The highest BCUT2D eigenvalue weighted by Crippen LogP contribution is 2.22. The van der Waals surface area contributed by atoms with Crippen molar-refractivity contribution in [3.8, 4) is 0 Å². The second-order valence-electron chi connectivity index (χ2n) is 4.73. The monoisotopic (exact) mass is 309 g/mol. The Hall–Kier alpha value is -2.35. The number of carboxylic acids is 1. The summed E-state index contributed by atoms with van der Waals surface area (Å²) in [5.74, 6) is -1.10. The highest BCUT2D eigenvalue weighted by molar-refractivity contribution is 7.92. The van der Waals surface area contributed by atoms with Crippen molar-refractivity contribution in [1.29, 1.82) is 0 Å². The second kappa shape index (κ2) is 5.21. The number of hydrogen-bond acceptors (Lipinski definition) is 4. The van der Waals surface area contributed by atoms with E-state index in [-0.39, 0.29) is 16.1 Å². The Balaban J connectivity index is 2.42. The summed E-state index contributed by atoms with van der Waals surface area (Å²) >= 11 is 0. The molecule has 0 radical (unpaired) electrons. The van der Waals surface area contributed by atoms with E-state index in [4.69, 9.17) is 5.11 Å². The number of aryl methyl sites for hydroxylation is 2. The molecule has 1 aromatic carbocycles. The van der Waals surface area contributed by atoms with Crippen molar-refractivity contribution in [2.75, 3.05) is 4.72 Å². The first-order chi connectivity index (χ1) is 9.70. The van der Waals surface area contributed by atoms with Gasteiger partial charge in [-0.1, -0.05) is 0 Å². The van der Waals surface area contributed by atoms with Crippen molar-refractivity contribution in [1.82, 2.24) is 9.78 Å². The van der Waals surface area contributed by atoms with Crippen LogP contribution in [-0.4, -0.2) is 29.3 Å². The number of hydrogen-bond donors (Lipinski definition) is 2. The van der Waals surface area contributed by atoms with Gasteiger partial charge in [-0.25, -0.2) is 13.2 Å². The van der Waals surface area contributed by atoms with E-state index >= 15 is 0 Å². The molecular weight excluding hydrogens is 294 g/mol. The number of carboxylic acid groups (broad SMARTS) is 1. The molecular formula is C13H15N3O4S. The van der Waals surface area contributed by atoms with Crippen LogP contribution < -0.4 is 4.72 Å². The van der Waals surface area contributed by atoms with Gasteiger partial charge in [-0.3, -0.25) is 9.40 Å². The van der Waals surface area contributed by atoms with Crippen LogP contribution in [0.2, 0.25) is 0 Å². The molecule has 0 amide bonds. The molecule has 1 aromatic heterocycles. The van der Waals surface area contributed by atoms with E-state index in [1.807, 2.05) is 0 Å². The van der Waals surface area contributed by atoms with Gasteiger partial charge in [0.15, 0.2) is 0 Å². The quantitative estimate of drug-likeness (QED) is 0.892. The summed E-state index contributed by atoms with van der Waals surface area (Å²) in [4.78, 5) is 11.2. The van der Waals surface area contributed by atoms with Gasteiger partial charge < -0.3 is 5.11 Å². The number of benzene rings is 1. The molecule has 0 saturated carbocycles. The van der Waals surface area contributed by atoms with Crippen LogP contribution in [0.4, 0.5) is 5.69 Å². The Bertz CT molecular complexity index is 809. The number of carbonyl (C=O) groups is 1. The van der Waals surface area contributed by atoms with E-state index in [0.717, 1.165) is 0 Å². The molecule has 2 rings (SSSR count). The van der Waals surface area contributed by atoms with Crippen LogP contribution in [-0.2, 0) is 17.1 Å². The van der Waals surface area contributed by atoms with Crippen LogP contribution in [0, 0.1) is 13.8 Å². The van der Waals surface area contributed by atoms with E-state index in [1.165, 1.54) is 23.1 Å². The molecule has 7 nitrogen and oxygen atoms in total. The summed E-state index contributed by atoms with van der Waals surface area (Å²) in [6.45, 7) is 3.40. The Labute approximate surface area is 122 Å². The fourth-order valence-corrected chi connectivity index (χ4v) is 2.92. The van der Waals surface area contributed by atoms with Gasteiger partial charge in [0.1, 0.15) is 4.90 Å². The minimum absolute atomic E-state index is 0.0140. The van der Waals surface area contributed by atoms with E-state index in [0.29, 0.717) is 11.1 Å². The van der Waals surface area contributed by atoms with E-state index in [1.54, 1.807) is 27.0 Å². The maximum atomic E-state index is 12.2. The molecule has 1 heterocycles. The summed E-state index contributed by atoms with van der Waals surface area (Å²) in [5, 5.41) is 12.9. The van der Waals surface area contributed by atoms with E-state index < -0.39 is 16.0 Å². The molecule has 0 aliphatic carbocycles. The number of rotatable bonds is 4. The average molecular weight is 309 g/mol. The number of sulfonamides is 1. The van der Waals surface area contributed by atoms with Crippen molar-refractivity contribution in [3.63, 3.8) is 0 Å². The smallest absolute Gasteiger partial charge is 0.336 e. The van der Waals surface area contributed by atoms with E-state index in [9.17, 15) is 13.2 Å². The molecule has 2 N–H and O–H groups in total. The molecule has 2 aromatic rings. The lowest BCUT2D eigenvalue weighted by atomic mass is 10.0. The van der Waals surface area contributed by atoms with Crippen LogP contribution in [0.1, 0.15) is 21.5 Å². The third kappa shape index (κ3) is 3.05. The van der Waals surface area contributed by atoms with Gasteiger partial charge in [-0.05, 0) is 37.1 Å². The lowest BCUT2D eigenvalue weighted by molar-refractivity contribution is 0.0696. The van der Waals surface area contributed by atoms with E-state index in [2.05, 4.69) is 9.82 Å². The highest BCUT2D eigenvalue weighted by atomic mass is 32.2. The fraction of sp³-hybridized carbons (Fsp3) is 0.231. The normalized spacial score (nSPS) is 11.4. The van der Waals surface area contributed by atoms with Crippen molar-refractivity contribution >= 4 is 21.7 Å². The number of nitrogens with one attached hydrogen (secondary N) is 1. The molecule has 21 heavy (non-hydrogen) atoms. The molecule has 0 fully saturated rings. The fourth-order valence-electron chi connectivity index (χ4n) is 1.89. The van der Waals surface area contributed by atoms with Gasteiger partial charge in [-0.15, -0.1) is 0 Å². The zero-order valence-corrected chi connectivity index (χ0v) is 12.6. The molecule has 0 spiro atoms. The third-order valence-electron chi connectivity index (χ3n) is 3.14. The molecule has 0 aliphatic heterocycles. The lowest BCUT2D eigenvalue weighted by Crippen LogP contribution is -2.13. The summed E-state index contributed by atoms with van der Waals surface area (Å²) in [6, 6.07) is 2.90. The topological polar surface area (TPSA) is 101 Å². The summed E-state index contributed by atoms with van der Waals surface area (Å²) in [6.07, 6.45) is 2.59. The Morgan fingerprint density at radius 1 is 1.33 bits per heavy atom. The van der Waals surface area contributed by atoms with Crippen LogP contribution >= 0.6 is 0 Å². The zero-order valence-electron chi connectivity index (χ0n) is 11.8. The predicted octanol–water partition coefficient (Wildman–Crippen LogP) is 1.54. The Morgan fingerprint density at radius 2 is 2.00 bits per heavy atom. The summed E-state index contributed by atoms with van der Waals surface area (Å²) in [5.41, 5.74) is 1.57. The molecule has 0 saturated heterocycles. The van der Waals surface area contributed by atoms with Crippen LogP contribution in [0.15, 0.2) is 29.4 Å². The number of nitrogens with zero attached hydrogens (tertiary/aromatic N) is 2. The van der Waals surface area contributed by atoms with Crippen LogP contribution in [0.5, 0.6) is 0 Å².